The molecule has 0 radical (unpaired) electrons. The summed E-state index contributed by atoms with van der Waals surface area (Å²) in [6, 6.07) is 6.06. The maximum Gasteiger partial charge on any atom is 0.149 e. The van der Waals surface area contributed by atoms with Crippen molar-refractivity contribution in [3.63, 3.8) is 0 Å². The summed E-state index contributed by atoms with van der Waals surface area (Å²) >= 11 is 0. The highest BCUT2D eigenvalue weighted by Crippen LogP contribution is 2.35. The molecule has 0 atom stereocenters. The molecule has 0 aliphatic carbocycles. The molecule has 5 heteroatoms. The van der Waals surface area contributed by atoms with Gasteiger partial charge in [-0.05, 0) is 24.1 Å². The summed E-state index contributed by atoms with van der Waals surface area (Å²) < 4.78 is 13.0. The number of nitrogens with zero attached hydrogens (tertiary/aromatic N) is 1. The number of benzene rings is 1. The second-order valence-electron chi connectivity index (χ2n) is 4.01. The van der Waals surface area contributed by atoms with Gasteiger partial charge in [0.1, 0.15) is 17.5 Å². The molecule has 0 aliphatic heterocycles. The van der Waals surface area contributed by atoms with Crippen LogP contribution in [0, 0.1) is 5.82 Å². The summed E-state index contributed by atoms with van der Waals surface area (Å²) in [5.74, 6) is 0.262. The zero-order chi connectivity index (χ0) is 13.3. The topological polar surface area (TPSA) is 90.9 Å². The number of rotatable bonds is 2. The van der Waals surface area contributed by atoms with E-state index >= 15 is 0 Å². The van der Waals surface area contributed by atoms with E-state index in [4.69, 9.17) is 17.2 Å². The van der Waals surface area contributed by atoms with Gasteiger partial charge in [-0.25, -0.2) is 9.37 Å². The van der Waals surface area contributed by atoms with Crippen molar-refractivity contribution in [2.45, 2.75) is 13.3 Å². The zero-order valence-corrected chi connectivity index (χ0v) is 10.1. The predicted molar refractivity (Wildman–Crippen MR) is 72.2 cm³/mol. The van der Waals surface area contributed by atoms with Gasteiger partial charge in [-0.3, -0.25) is 0 Å². The fourth-order valence-electron chi connectivity index (χ4n) is 1.98. The van der Waals surface area contributed by atoms with Crippen LogP contribution in [0.25, 0.3) is 11.1 Å². The number of nitrogen functional groups attached to an aromatic ring is 3. The molecule has 0 bridgehead atoms. The lowest BCUT2D eigenvalue weighted by Crippen LogP contribution is -2.08. The fourth-order valence-corrected chi connectivity index (χ4v) is 1.98. The lowest BCUT2D eigenvalue weighted by molar-refractivity contribution is 0.628. The van der Waals surface area contributed by atoms with Gasteiger partial charge in [-0.1, -0.05) is 19.1 Å². The monoisotopic (exact) mass is 246 g/mol. The van der Waals surface area contributed by atoms with E-state index in [1.54, 1.807) is 12.1 Å². The van der Waals surface area contributed by atoms with E-state index in [2.05, 4.69) is 4.98 Å². The molecule has 94 valence electrons. The molecular formula is C13H15FN4. The second kappa shape index (κ2) is 4.52. The van der Waals surface area contributed by atoms with E-state index in [9.17, 15) is 4.39 Å². The third-order valence-electron chi connectivity index (χ3n) is 2.88. The van der Waals surface area contributed by atoms with Crippen molar-refractivity contribution in [3.05, 3.63) is 35.6 Å². The van der Waals surface area contributed by atoms with Crippen LogP contribution < -0.4 is 17.2 Å². The van der Waals surface area contributed by atoms with Crippen molar-refractivity contribution in [2.75, 3.05) is 17.2 Å². The lowest BCUT2D eigenvalue weighted by atomic mass is 9.97. The predicted octanol–water partition coefficient (Wildman–Crippen LogP) is 2.20. The van der Waals surface area contributed by atoms with E-state index in [0.717, 1.165) is 16.7 Å². The number of aromatic nitrogens is 1. The summed E-state index contributed by atoms with van der Waals surface area (Å²) in [7, 11) is 0. The standard InChI is InChI=1S/C13H15FN4/c1-2-9-10(7-3-5-8(14)6-4-7)11(15)13(17)18-12(9)16/h3-6H,2,15H2,1H3,(H4,16,17,18). The molecule has 0 amide bonds. The van der Waals surface area contributed by atoms with Crippen LogP contribution in [0.4, 0.5) is 21.7 Å². The van der Waals surface area contributed by atoms with Crippen LogP contribution in [0.1, 0.15) is 12.5 Å². The van der Waals surface area contributed by atoms with Crippen molar-refractivity contribution < 1.29 is 4.39 Å². The van der Waals surface area contributed by atoms with Crippen LogP contribution >= 0.6 is 0 Å². The van der Waals surface area contributed by atoms with Crippen LogP contribution in [-0.2, 0) is 6.42 Å². The Hall–Kier alpha value is -2.30. The molecule has 4 nitrogen and oxygen atoms in total. The van der Waals surface area contributed by atoms with Crippen molar-refractivity contribution in [2.24, 2.45) is 0 Å². The van der Waals surface area contributed by atoms with Crippen molar-refractivity contribution in [3.8, 4) is 11.1 Å². The third kappa shape index (κ3) is 1.95. The van der Waals surface area contributed by atoms with Gasteiger partial charge in [0.2, 0.25) is 0 Å². The quantitative estimate of drug-likeness (QED) is 0.757. The smallest absolute Gasteiger partial charge is 0.149 e. The minimum Gasteiger partial charge on any atom is -0.395 e. The minimum atomic E-state index is -0.301. The van der Waals surface area contributed by atoms with Gasteiger partial charge in [0.25, 0.3) is 0 Å². The third-order valence-corrected chi connectivity index (χ3v) is 2.88. The highest BCUT2D eigenvalue weighted by atomic mass is 19.1. The number of hydrogen-bond acceptors (Lipinski definition) is 4. The average Bonchev–Trinajstić information content (AvgIpc) is 2.35. The maximum atomic E-state index is 13.0. The molecule has 1 aromatic heterocycles. The number of halogens is 1. The molecule has 18 heavy (non-hydrogen) atoms. The highest BCUT2D eigenvalue weighted by Gasteiger charge is 2.15. The Kier molecular flexibility index (Phi) is 3.06. The Labute approximate surface area is 105 Å². The maximum absolute atomic E-state index is 13.0. The highest BCUT2D eigenvalue weighted by molar-refractivity contribution is 5.87. The molecule has 0 unspecified atom stereocenters. The molecular weight excluding hydrogens is 231 g/mol. The van der Waals surface area contributed by atoms with Gasteiger partial charge < -0.3 is 17.2 Å². The molecule has 2 rings (SSSR count). The van der Waals surface area contributed by atoms with Gasteiger partial charge in [0.15, 0.2) is 0 Å². The first-order valence-corrected chi connectivity index (χ1v) is 5.63. The van der Waals surface area contributed by atoms with E-state index in [0.29, 0.717) is 17.9 Å². The van der Waals surface area contributed by atoms with Crippen molar-refractivity contribution in [1.29, 1.82) is 0 Å². The molecule has 0 spiro atoms. The van der Waals surface area contributed by atoms with E-state index < -0.39 is 0 Å². The Bertz CT molecular complexity index is 579. The summed E-state index contributed by atoms with van der Waals surface area (Å²) in [6.45, 7) is 1.95. The Morgan fingerprint density at radius 2 is 1.67 bits per heavy atom. The zero-order valence-electron chi connectivity index (χ0n) is 10.1. The largest absolute Gasteiger partial charge is 0.395 e. The van der Waals surface area contributed by atoms with Crippen LogP contribution in [0.2, 0.25) is 0 Å². The van der Waals surface area contributed by atoms with Crippen LogP contribution in [0.15, 0.2) is 24.3 Å². The van der Waals surface area contributed by atoms with Gasteiger partial charge >= 0.3 is 0 Å². The second-order valence-corrected chi connectivity index (χ2v) is 4.01. The first-order chi connectivity index (χ1) is 8.54. The average molecular weight is 246 g/mol. The Morgan fingerprint density at radius 1 is 1.06 bits per heavy atom. The lowest BCUT2D eigenvalue weighted by Gasteiger charge is -2.15. The molecule has 0 fully saturated rings. The van der Waals surface area contributed by atoms with Gasteiger partial charge in [-0.15, -0.1) is 0 Å². The summed E-state index contributed by atoms with van der Waals surface area (Å²) in [6.07, 6.45) is 0.677. The molecule has 0 saturated carbocycles. The van der Waals surface area contributed by atoms with Gasteiger partial charge in [-0.2, -0.15) is 0 Å². The van der Waals surface area contributed by atoms with E-state index in [1.165, 1.54) is 12.1 Å². The van der Waals surface area contributed by atoms with E-state index in [1.807, 2.05) is 6.92 Å². The van der Waals surface area contributed by atoms with Crippen molar-refractivity contribution in [1.82, 2.24) is 4.98 Å². The van der Waals surface area contributed by atoms with Crippen LogP contribution in [0.5, 0.6) is 0 Å². The first kappa shape index (κ1) is 12.2. The number of nitrogens with two attached hydrogens (primary N) is 3. The number of pyridine rings is 1. The minimum absolute atomic E-state index is 0.198. The molecule has 0 saturated heterocycles. The molecule has 1 heterocycles. The summed E-state index contributed by atoms with van der Waals surface area (Å²) in [5.41, 5.74) is 20.3. The Morgan fingerprint density at radius 3 is 2.22 bits per heavy atom. The normalized spacial score (nSPS) is 10.6. The van der Waals surface area contributed by atoms with Gasteiger partial charge in [0, 0.05) is 11.1 Å². The number of anilines is 3. The van der Waals surface area contributed by atoms with Crippen LogP contribution in [-0.4, -0.2) is 4.98 Å². The van der Waals surface area contributed by atoms with Crippen molar-refractivity contribution >= 4 is 17.3 Å². The summed E-state index contributed by atoms with van der Waals surface area (Å²) in [4.78, 5) is 4.00. The van der Waals surface area contributed by atoms with Crippen LogP contribution in [0.3, 0.4) is 0 Å². The molecule has 6 N–H and O–H groups in total. The first-order valence-electron chi connectivity index (χ1n) is 5.63. The Balaban J connectivity index is 2.72. The van der Waals surface area contributed by atoms with Gasteiger partial charge in [0.05, 0.1) is 5.69 Å². The SMILES string of the molecule is CCc1c(N)nc(N)c(N)c1-c1ccc(F)cc1. The molecule has 0 aliphatic rings. The molecule has 2 aromatic rings. The fraction of sp³-hybridized carbons (Fsp3) is 0.154. The summed E-state index contributed by atoms with van der Waals surface area (Å²) in [5, 5.41) is 0. The number of hydrogen-bond donors (Lipinski definition) is 3. The molecule has 1 aromatic carbocycles. The van der Waals surface area contributed by atoms with E-state index in [-0.39, 0.29) is 11.6 Å².